The Hall–Kier alpha value is -1.80. The number of hydrogen-bond acceptors (Lipinski definition) is 3. The highest BCUT2D eigenvalue weighted by Crippen LogP contribution is 2.25. The van der Waals surface area contributed by atoms with E-state index in [0.717, 1.165) is 11.1 Å². The second kappa shape index (κ2) is 10.3. The van der Waals surface area contributed by atoms with Crippen LogP contribution in [-0.2, 0) is 16.6 Å². The van der Waals surface area contributed by atoms with Crippen LogP contribution in [0.5, 0.6) is 0 Å². The van der Waals surface area contributed by atoms with E-state index in [1.807, 2.05) is 6.92 Å². The van der Waals surface area contributed by atoms with E-state index < -0.39 is 10.0 Å². The van der Waals surface area contributed by atoms with Gasteiger partial charge in [0.1, 0.15) is 0 Å². The van der Waals surface area contributed by atoms with Crippen molar-refractivity contribution < 1.29 is 13.2 Å². The van der Waals surface area contributed by atoms with E-state index in [2.05, 4.69) is 10.6 Å². The van der Waals surface area contributed by atoms with E-state index in [1.165, 1.54) is 4.31 Å². The zero-order chi connectivity index (χ0) is 21.6. The number of nitrogens with zero attached hydrogens (tertiary/aromatic N) is 1. The Morgan fingerprint density at radius 3 is 2.21 bits per heavy atom. The van der Waals surface area contributed by atoms with Crippen molar-refractivity contribution in [2.45, 2.75) is 38.3 Å². The zero-order valence-corrected chi connectivity index (χ0v) is 18.9. The summed E-state index contributed by atoms with van der Waals surface area (Å²) in [4.78, 5) is 12.4. The van der Waals surface area contributed by atoms with E-state index >= 15 is 0 Å². The van der Waals surface area contributed by atoms with E-state index in [4.69, 9.17) is 23.2 Å². The predicted molar refractivity (Wildman–Crippen MR) is 117 cm³/mol. The van der Waals surface area contributed by atoms with Crippen molar-refractivity contribution in [3.8, 4) is 0 Å². The molecule has 29 heavy (non-hydrogen) atoms. The molecule has 2 amide bonds. The van der Waals surface area contributed by atoms with Crippen molar-refractivity contribution in [3.63, 3.8) is 0 Å². The first-order valence-electron chi connectivity index (χ1n) is 9.27. The Morgan fingerprint density at radius 1 is 1.03 bits per heavy atom. The lowest BCUT2D eigenvalue weighted by atomic mass is 10.1. The second-order valence-electron chi connectivity index (χ2n) is 6.46. The van der Waals surface area contributed by atoms with Gasteiger partial charge in [0.15, 0.2) is 0 Å². The Balaban J connectivity index is 1.94. The number of carbonyl (C=O) groups excluding carboxylic acids is 1. The molecule has 0 spiro atoms. The van der Waals surface area contributed by atoms with E-state index in [-0.39, 0.29) is 23.5 Å². The molecule has 1 unspecified atom stereocenters. The molecule has 6 nitrogen and oxygen atoms in total. The van der Waals surface area contributed by atoms with Gasteiger partial charge in [-0.2, -0.15) is 4.31 Å². The first kappa shape index (κ1) is 23.5. The maximum Gasteiger partial charge on any atom is 0.315 e. The summed E-state index contributed by atoms with van der Waals surface area (Å²) in [6.07, 6.45) is 0. The summed E-state index contributed by atoms with van der Waals surface area (Å²) in [5, 5.41) is 6.47. The summed E-state index contributed by atoms with van der Waals surface area (Å²) in [5.41, 5.74) is 1.63. The van der Waals surface area contributed by atoms with Crippen molar-refractivity contribution in [1.29, 1.82) is 0 Å². The number of amides is 2. The van der Waals surface area contributed by atoms with Crippen molar-refractivity contribution in [3.05, 3.63) is 63.6 Å². The molecule has 1 atom stereocenters. The molecule has 158 valence electrons. The lowest BCUT2D eigenvalue weighted by Gasteiger charge is -2.18. The van der Waals surface area contributed by atoms with Crippen LogP contribution in [0, 0.1) is 0 Å². The van der Waals surface area contributed by atoms with Gasteiger partial charge in [-0.15, -0.1) is 0 Å². The third kappa shape index (κ3) is 6.09. The number of hydrogen-bond donors (Lipinski definition) is 2. The number of benzene rings is 2. The van der Waals surface area contributed by atoms with Gasteiger partial charge in [0.25, 0.3) is 0 Å². The largest absolute Gasteiger partial charge is 0.334 e. The fourth-order valence-corrected chi connectivity index (χ4v) is 4.55. The molecule has 9 heteroatoms. The molecule has 0 radical (unpaired) electrons. The minimum atomic E-state index is -3.49. The van der Waals surface area contributed by atoms with Crippen LogP contribution in [0.3, 0.4) is 0 Å². The zero-order valence-electron chi connectivity index (χ0n) is 16.6. The minimum absolute atomic E-state index is 0.239. The summed E-state index contributed by atoms with van der Waals surface area (Å²) in [6.45, 7) is 6.55. The standard InChI is InChI=1S/C20H25Cl2N3O3S/c1-4-25(5-2)29(27,28)17-9-6-15(7-10-17)13-23-20(26)24-14(3)16-8-11-18(21)19(22)12-16/h6-12,14H,4-5,13H2,1-3H3,(H2,23,24,26). The third-order valence-electron chi connectivity index (χ3n) is 4.51. The van der Waals surface area contributed by atoms with Crippen molar-refractivity contribution >= 4 is 39.3 Å². The van der Waals surface area contributed by atoms with Crippen LogP contribution in [0.1, 0.15) is 37.9 Å². The average molecular weight is 458 g/mol. The van der Waals surface area contributed by atoms with Gasteiger partial charge in [0, 0.05) is 19.6 Å². The molecular weight excluding hydrogens is 433 g/mol. The van der Waals surface area contributed by atoms with Crippen LogP contribution in [0.2, 0.25) is 10.0 Å². The van der Waals surface area contributed by atoms with Gasteiger partial charge in [-0.05, 0) is 42.3 Å². The highest BCUT2D eigenvalue weighted by Gasteiger charge is 2.21. The van der Waals surface area contributed by atoms with E-state index in [0.29, 0.717) is 23.1 Å². The maximum atomic E-state index is 12.5. The van der Waals surface area contributed by atoms with Crippen molar-refractivity contribution in [2.24, 2.45) is 0 Å². The quantitative estimate of drug-likeness (QED) is 0.608. The third-order valence-corrected chi connectivity index (χ3v) is 7.31. The molecule has 2 N–H and O–H groups in total. The SMILES string of the molecule is CCN(CC)S(=O)(=O)c1ccc(CNC(=O)NC(C)c2ccc(Cl)c(Cl)c2)cc1. The van der Waals surface area contributed by atoms with Crippen LogP contribution in [0.25, 0.3) is 0 Å². The number of rotatable bonds is 8. The maximum absolute atomic E-state index is 12.5. The molecule has 2 aromatic rings. The number of carbonyl (C=O) groups is 1. The first-order chi connectivity index (χ1) is 13.7. The van der Waals surface area contributed by atoms with Gasteiger partial charge in [0.2, 0.25) is 10.0 Å². The normalized spacial score (nSPS) is 12.6. The van der Waals surface area contributed by atoms with Crippen molar-refractivity contribution in [1.82, 2.24) is 14.9 Å². The van der Waals surface area contributed by atoms with Gasteiger partial charge >= 0.3 is 6.03 Å². The molecule has 0 fully saturated rings. The highest BCUT2D eigenvalue weighted by atomic mass is 35.5. The summed E-state index contributed by atoms with van der Waals surface area (Å²) >= 11 is 11.9. The Kier molecular flexibility index (Phi) is 8.34. The smallest absolute Gasteiger partial charge is 0.315 e. The Bertz CT molecular complexity index is 946. The predicted octanol–water partition coefficient (Wildman–Crippen LogP) is 4.58. The molecule has 0 heterocycles. The molecule has 0 aliphatic heterocycles. The van der Waals surface area contributed by atoms with Crippen LogP contribution >= 0.6 is 23.2 Å². The number of urea groups is 1. The monoisotopic (exact) mass is 457 g/mol. The van der Waals surface area contributed by atoms with Gasteiger partial charge in [-0.1, -0.05) is 55.2 Å². The van der Waals surface area contributed by atoms with E-state index in [9.17, 15) is 13.2 Å². The second-order valence-corrected chi connectivity index (χ2v) is 9.21. The lowest BCUT2D eigenvalue weighted by Crippen LogP contribution is -2.36. The van der Waals surface area contributed by atoms with Gasteiger partial charge in [0.05, 0.1) is 21.0 Å². The summed E-state index contributed by atoms with van der Waals surface area (Å²) < 4.78 is 26.4. The van der Waals surface area contributed by atoms with Gasteiger partial charge in [-0.3, -0.25) is 0 Å². The van der Waals surface area contributed by atoms with Gasteiger partial charge < -0.3 is 10.6 Å². The van der Waals surface area contributed by atoms with Crippen molar-refractivity contribution in [2.75, 3.05) is 13.1 Å². The summed E-state index contributed by atoms with van der Waals surface area (Å²) in [5.74, 6) is 0. The minimum Gasteiger partial charge on any atom is -0.334 e. The molecule has 2 rings (SSSR count). The summed E-state index contributed by atoms with van der Waals surface area (Å²) in [6, 6.07) is 11.1. The van der Waals surface area contributed by atoms with Crippen LogP contribution in [0.4, 0.5) is 4.79 Å². The van der Waals surface area contributed by atoms with Crippen LogP contribution in [0.15, 0.2) is 47.4 Å². The number of sulfonamides is 1. The van der Waals surface area contributed by atoms with Gasteiger partial charge in [-0.25, -0.2) is 13.2 Å². The molecule has 0 aromatic heterocycles. The Labute approximate surface area is 182 Å². The number of nitrogens with one attached hydrogen (secondary N) is 2. The molecule has 0 aliphatic rings. The molecule has 0 bridgehead atoms. The molecular formula is C20H25Cl2N3O3S. The summed E-state index contributed by atoms with van der Waals surface area (Å²) in [7, 11) is -3.49. The fraction of sp³-hybridized carbons (Fsp3) is 0.350. The highest BCUT2D eigenvalue weighted by molar-refractivity contribution is 7.89. The van der Waals surface area contributed by atoms with E-state index in [1.54, 1.807) is 56.3 Å². The molecule has 0 saturated heterocycles. The first-order valence-corrected chi connectivity index (χ1v) is 11.5. The topological polar surface area (TPSA) is 78.5 Å². The average Bonchev–Trinajstić information content (AvgIpc) is 2.69. The lowest BCUT2D eigenvalue weighted by molar-refractivity contribution is 0.237. The molecule has 0 saturated carbocycles. The van der Waals surface area contributed by atoms with Crippen LogP contribution < -0.4 is 10.6 Å². The molecule has 0 aliphatic carbocycles. The van der Waals surface area contributed by atoms with Crippen LogP contribution in [-0.4, -0.2) is 31.8 Å². The number of halogens is 2. The Morgan fingerprint density at radius 2 is 1.66 bits per heavy atom. The fourth-order valence-electron chi connectivity index (χ4n) is 2.79. The molecule has 2 aromatic carbocycles.